The number of halogens is 3. The number of hydrogen-bond donors (Lipinski definition) is 1. The maximum atomic E-state index is 12.2. The standard InChI is InChI=1S/C14H20F3NO3/c1-19-11-9-18-8-4-5-10-20-12-6-2-3-7-13(12)21-14(15,16)17/h2-3,6-7,18H,4-5,8-11H2,1H3. The highest BCUT2D eigenvalue weighted by Crippen LogP contribution is 2.31. The largest absolute Gasteiger partial charge is 0.573 e. The van der Waals surface area contributed by atoms with Crippen molar-refractivity contribution in [3.8, 4) is 11.5 Å². The summed E-state index contributed by atoms with van der Waals surface area (Å²) < 4.78 is 50.8. The van der Waals surface area contributed by atoms with E-state index in [4.69, 9.17) is 9.47 Å². The van der Waals surface area contributed by atoms with Crippen LogP contribution in [-0.2, 0) is 4.74 Å². The number of unbranched alkanes of at least 4 members (excludes halogenated alkanes) is 1. The smallest absolute Gasteiger partial charge is 0.490 e. The van der Waals surface area contributed by atoms with Crippen LogP contribution in [0.15, 0.2) is 24.3 Å². The van der Waals surface area contributed by atoms with Crippen LogP contribution in [0, 0.1) is 0 Å². The molecule has 0 aliphatic heterocycles. The van der Waals surface area contributed by atoms with E-state index in [0.29, 0.717) is 13.2 Å². The van der Waals surface area contributed by atoms with Crippen molar-refractivity contribution >= 4 is 0 Å². The zero-order chi connectivity index (χ0) is 15.6. The molecule has 4 nitrogen and oxygen atoms in total. The Morgan fingerprint density at radius 2 is 1.71 bits per heavy atom. The summed E-state index contributed by atoms with van der Waals surface area (Å²) in [7, 11) is 1.63. The first-order valence-corrected chi connectivity index (χ1v) is 6.70. The summed E-state index contributed by atoms with van der Waals surface area (Å²) in [5, 5.41) is 3.17. The van der Waals surface area contributed by atoms with Crippen molar-refractivity contribution in [3.63, 3.8) is 0 Å². The summed E-state index contributed by atoms with van der Waals surface area (Å²) in [5.74, 6) is -0.217. The molecule has 1 rings (SSSR count). The molecule has 0 radical (unpaired) electrons. The average Bonchev–Trinajstić information content (AvgIpc) is 2.42. The van der Waals surface area contributed by atoms with Gasteiger partial charge in [-0.05, 0) is 31.5 Å². The van der Waals surface area contributed by atoms with Crippen molar-refractivity contribution in [3.05, 3.63) is 24.3 Å². The molecule has 0 amide bonds. The fourth-order valence-corrected chi connectivity index (χ4v) is 1.61. The fourth-order valence-electron chi connectivity index (χ4n) is 1.61. The van der Waals surface area contributed by atoms with Gasteiger partial charge in [-0.2, -0.15) is 0 Å². The Hall–Kier alpha value is -1.47. The quantitative estimate of drug-likeness (QED) is 0.675. The summed E-state index contributed by atoms with van der Waals surface area (Å²) in [6, 6.07) is 5.76. The molecule has 1 N–H and O–H groups in total. The molecule has 0 saturated heterocycles. The van der Waals surface area contributed by atoms with Crippen LogP contribution < -0.4 is 14.8 Å². The van der Waals surface area contributed by atoms with E-state index in [-0.39, 0.29) is 11.5 Å². The Bertz CT molecular complexity index is 399. The molecule has 1 aromatic carbocycles. The van der Waals surface area contributed by atoms with Crippen molar-refractivity contribution in [2.75, 3.05) is 33.4 Å². The summed E-state index contributed by atoms with van der Waals surface area (Å²) in [6.07, 6.45) is -3.11. The van der Waals surface area contributed by atoms with Crippen molar-refractivity contribution in [1.82, 2.24) is 5.32 Å². The zero-order valence-corrected chi connectivity index (χ0v) is 11.9. The molecular formula is C14H20F3NO3. The van der Waals surface area contributed by atoms with Gasteiger partial charge >= 0.3 is 6.36 Å². The number of alkyl halides is 3. The first-order valence-electron chi connectivity index (χ1n) is 6.70. The second kappa shape index (κ2) is 9.46. The van der Waals surface area contributed by atoms with Crippen molar-refractivity contribution in [2.24, 2.45) is 0 Å². The second-order valence-corrected chi connectivity index (χ2v) is 4.29. The fraction of sp³-hybridized carbons (Fsp3) is 0.571. The van der Waals surface area contributed by atoms with Crippen LogP contribution in [0.2, 0.25) is 0 Å². The monoisotopic (exact) mass is 307 g/mol. The van der Waals surface area contributed by atoms with Crippen LogP contribution in [-0.4, -0.2) is 39.8 Å². The van der Waals surface area contributed by atoms with Gasteiger partial charge in [0.2, 0.25) is 0 Å². The Balaban J connectivity index is 2.26. The minimum absolute atomic E-state index is 0.0992. The van der Waals surface area contributed by atoms with Crippen LogP contribution in [0.4, 0.5) is 13.2 Å². The maximum absolute atomic E-state index is 12.2. The van der Waals surface area contributed by atoms with E-state index >= 15 is 0 Å². The number of ether oxygens (including phenoxy) is 3. The Morgan fingerprint density at radius 1 is 1.00 bits per heavy atom. The highest BCUT2D eigenvalue weighted by atomic mass is 19.4. The normalized spacial score (nSPS) is 11.4. The van der Waals surface area contributed by atoms with E-state index in [1.54, 1.807) is 13.2 Å². The first-order chi connectivity index (χ1) is 10.0. The van der Waals surface area contributed by atoms with Crippen molar-refractivity contribution < 1.29 is 27.4 Å². The molecule has 0 saturated carbocycles. The third kappa shape index (κ3) is 8.41. The Morgan fingerprint density at radius 3 is 2.38 bits per heavy atom. The van der Waals surface area contributed by atoms with Crippen LogP contribution in [0.3, 0.4) is 0 Å². The predicted molar refractivity (Wildman–Crippen MR) is 72.6 cm³/mol. The van der Waals surface area contributed by atoms with E-state index < -0.39 is 6.36 Å². The van der Waals surface area contributed by atoms with Gasteiger partial charge < -0.3 is 19.5 Å². The molecule has 7 heteroatoms. The molecule has 0 bridgehead atoms. The van der Waals surface area contributed by atoms with E-state index in [9.17, 15) is 13.2 Å². The van der Waals surface area contributed by atoms with Gasteiger partial charge in [0, 0.05) is 13.7 Å². The van der Waals surface area contributed by atoms with Gasteiger partial charge in [-0.1, -0.05) is 12.1 Å². The van der Waals surface area contributed by atoms with Gasteiger partial charge in [0.1, 0.15) is 0 Å². The highest BCUT2D eigenvalue weighted by molar-refractivity contribution is 5.39. The topological polar surface area (TPSA) is 39.7 Å². The lowest BCUT2D eigenvalue weighted by atomic mass is 10.3. The van der Waals surface area contributed by atoms with E-state index in [1.165, 1.54) is 18.2 Å². The number of hydrogen-bond acceptors (Lipinski definition) is 4. The molecule has 0 aromatic heterocycles. The van der Waals surface area contributed by atoms with Gasteiger partial charge in [-0.3, -0.25) is 0 Å². The number of rotatable bonds is 10. The SMILES string of the molecule is COCCNCCCCOc1ccccc1OC(F)(F)F. The minimum Gasteiger partial charge on any atom is -0.490 e. The lowest BCUT2D eigenvalue weighted by Gasteiger charge is -2.13. The van der Waals surface area contributed by atoms with Gasteiger partial charge in [0.25, 0.3) is 0 Å². The van der Waals surface area contributed by atoms with E-state index in [0.717, 1.165) is 25.9 Å². The summed E-state index contributed by atoms with van der Waals surface area (Å²) in [5.41, 5.74) is 0. The third-order valence-electron chi connectivity index (χ3n) is 2.56. The highest BCUT2D eigenvalue weighted by Gasteiger charge is 2.32. The number of para-hydroxylation sites is 2. The molecule has 0 atom stereocenters. The lowest BCUT2D eigenvalue weighted by Crippen LogP contribution is -2.20. The van der Waals surface area contributed by atoms with Gasteiger partial charge in [0.15, 0.2) is 11.5 Å². The third-order valence-corrected chi connectivity index (χ3v) is 2.56. The number of nitrogens with one attached hydrogen (secondary N) is 1. The number of methoxy groups -OCH3 is 1. The van der Waals surface area contributed by atoms with Crippen molar-refractivity contribution in [1.29, 1.82) is 0 Å². The molecule has 0 aliphatic carbocycles. The first kappa shape index (κ1) is 17.6. The molecule has 21 heavy (non-hydrogen) atoms. The Labute approximate surface area is 122 Å². The lowest BCUT2D eigenvalue weighted by molar-refractivity contribution is -0.275. The van der Waals surface area contributed by atoms with Crippen LogP contribution in [0.5, 0.6) is 11.5 Å². The van der Waals surface area contributed by atoms with E-state index in [2.05, 4.69) is 10.1 Å². The molecule has 120 valence electrons. The zero-order valence-electron chi connectivity index (χ0n) is 11.9. The summed E-state index contributed by atoms with van der Waals surface area (Å²) >= 11 is 0. The molecular weight excluding hydrogens is 287 g/mol. The van der Waals surface area contributed by atoms with Crippen LogP contribution in [0.1, 0.15) is 12.8 Å². The summed E-state index contributed by atoms with van der Waals surface area (Å²) in [6.45, 7) is 2.58. The number of benzene rings is 1. The molecule has 0 heterocycles. The second-order valence-electron chi connectivity index (χ2n) is 4.29. The van der Waals surface area contributed by atoms with E-state index in [1.807, 2.05) is 0 Å². The Kier molecular flexibility index (Phi) is 7.92. The molecule has 0 fully saturated rings. The maximum Gasteiger partial charge on any atom is 0.573 e. The minimum atomic E-state index is -4.72. The predicted octanol–water partition coefficient (Wildman–Crippen LogP) is 2.98. The van der Waals surface area contributed by atoms with Gasteiger partial charge in [-0.15, -0.1) is 13.2 Å². The average molecular weight is 307 g/mol. The van der Waals surface area contributed by atoms with Crippen molar-refractivity contribution in [2.45, 2.75) is 19.2 Å². The molecule has 0 aliphatic rings. The van der Waals surface area contributed by atoms with Crippen LogP contribution >= 0.6 is 0 Å². The van der Waals surface area contributed by atoms with Gasteiger partial charge in [0.05, 0.1) is 13.2 Å². The molecule has 0 spiro atoms. The molecule has 0 unspecified atom stereocenters. The summed E-state index contributed by atoms with van der Waals surface area (Å²) in [4.78, 5) is 0. The van der Waals surface area contributed by atoms with Gasteiger partial charge in [-0.25, -0.2) is 0 Å². The molecule has 1 aromatic rings. The van der Waals surface area contributed by atoms with Crippen LogP contribution in [0.25, 0.3) is 0 Å².